The van der Waals surface area contributed by atoms with E-state index in [2.05, 4.69) is 26.7 Å². The highest BCUT2D eigenvalue weighted by molar-refractivity contribution is 6.10. The van der Waals surface area contributed by atoms with E-state index in [1.807, 2.05) is 0 Å². The number of aromatic amines is 1. The van der Waals surface area contributed by atoms with Gasteiger partial charge < -0.3 is 20.0 Å². The molecule has 0 aliphatic carbocycles. The van der Waals surface area contributed by atoms with Gasteiger partial charge in [0.25, 0.3) is 0 Å². The zero-order valence-electron chi connectivity index (χ0n) is 20.3. The van der Waals surface area contributed by atoms with Gasteiger partial charge in [0.1, 0.15) is 17.9 Å². The maximum Gasteiger partial charge on any atom is 0.416 e. The molecule has 11 heteroatoms. The first-order valence-electron chi connectivity index (χ1n) is 10.4. The molecule has 3 aromatic rings. The molecule has 3 N–H and O–H groups in total. The van der Waals surface area contributed by atoms with Crippen LogP contribution >= 0.6 is 0 Å². The second-order valence-electron chi connectivity index (χ2n) is 7.85. The SMILES string of the molecule is C=N/C=C(\C=NCC(C)(C)C=O)c1ccc(-c2nc3ccc(C(F)(F)F)cc3[nH]2)c(F)c1.CO.CO. The number of hydrogen-bond acceptors (Lipinski definition) is 6. The van der Waals surface area contributed by atoms with E-state index in [-0.39, 0.29) is 29.0 Å². The van der Waals surface area contributed by atoms with E-state index < -0.39 is 23.0 Å². The monoisotopic (exact) mass is 508 g/mol. The largest absolute Gasteiger partial charge is 0.416 e. The maximum absolute atomic E-state index is 14.9. The minimum absolute atomic E-state index is 0.100. The average molecular weight is 509 g/mol. The summed E-state index contributed by atoms with van der Waals surface area (Å²) in [6.45, 7) is 7.13. The van der Waals surface area contributed by atoms with Gasteiger partial charge in [-0.15, -0.1) is 0 Å². The van der Waals surface area contributed by atoms with Crippen molar-refractivity contribution in [2.24, 2.45) is 15.4 Å². The van der Waals surface area contributed by atoms with Gasteiger partial charge in [-0.25, -0.2) is 9.37 Å². The number of aromatic nitrogens is 2. The molecule has 0 radical (unpaired) electrons. The van der Waals surface area contributed by atoms with Gasteiger partial charge >= 0.3 is 6.18 Å². The zero-order valence-corrected chi connectivity index (χ0v) is 20.3. The molecule has 1 heterocycles. The molecular formula is C25H28F4N4O3. The fourth-order valence-electron chi connectivity index (χ4n) is 2.90. The molecule has 0 unspecified atom stereocenters. The predicted octanol–water partition coefficient (Wildman–Crippen LogP) is 4.94. The third-order valence-corrected chi connectivity index (χ3v) is 4.65. The normalized spacial score (nSPS) is 12.0. The molecule has 0 atom stereocenters. The molecule has 36 heavy (non-hydrogen) atoms. The number of H-pyrrole nitrogens is 1. The summed E-state index contributed by atoms with van der Waals surface area (Å²) in [7, 11) is 2.00. The maximum atomic E-state index is 14.9. The number of hydrogen-bond donors (Lipinski definition) is 3. The lowest BCUT2D eigenvalue weighted by Gasteiger charge is -2.12. The van der Waals surface area contributed by atoms with Crippen molar-refractivity contribution < 1.29 is 32.6 Å². The van der Waals surface area contributed by atoms with Crippen LogP contribution in [-0.2, 0) is 11.0 Å². The number of allylic oxidation sites excluding steroid dienone is 1. The third kappa shape index (κ3) is 7.92. The van der Waals surface area contributed by atoms with Crippen molar-refractivity contribution in [2.45, 2.75) is 20.0 Å². The molecule has 0 spiro atoms. The number of nitrogens with zero attached hydrogens (tertiary/aromatic N) is 3. The number of carbonyl (C=O) groups is 1. The Morgan fingerprint density at radius 2 is 1.78 bits per heavy atom. The topological polar surface area (TPSA) is 111 Å². The summed E-state index contributed by atoms with van der Waals surface area (Å²) in [4.78, 5) is 25.9. The Morgan fingerprint density at radius 3 is 2.33 bits per heavy atom. The van der Waals surface area contributed by atoms with Crippen LogP contribution in [0, 0.1) is 11.2 Å². The number of rotatable bonds is 7. The van der Waals surface area contributed by atoms with Crippen LogP contribution < -0.4 is 0 Å². The van der Waals surface area contributed by atoms with Crippen molar-refractivity contribution in [1.82, 2.24) is 9.97 Å². The zero-order chi connectivity index (χ0) is 27.5. The molecule has 0 aliphatic rings. The summed E-state index contributed by atoms with van der Waals surface area (Å²) < 4.78 is 53.7. The Balaban J connectivity index is 0.00000154. The number of aliphatic imine (C=N–C) groups is 2. The molecule has 0 saturated heterocycles. The van der Waals surface area contributed by atoms with E-state index in [0.29, 0.717) is 11.1 Å². The van der Waals surface area contributed by atoms with Crippen LogP contribution in [0.2, 0.25) is 0 Å². The average Bonchev–Trinajstić information content (AvgIpc) is 3.28. The van der Waals surface area contributed by atoms with Gasteiger partial charge in [0, 0.05) is 37.6 Å². The van der Waals surface area contributed by atoms with Gasteiger partial charge in [-0.3, -0.25) is 9.98 Å². The van der Waals surface area contributed by atoms with Crippen LogP contribution in [0.4, 0.5) is 17.6 Å². The Bertz CT molecular complexity index is 1230. The van der Waals surface area contributed by atoms with E-state index in [4.69, 9.17) is 10.2 Å². The van der Waals surface area contributed by atoms with Gasteiger partial charge in [-0.05, 0) is 42.6 Å². The van der Waals surface area contributed by atoms with Crippen LogP contribution in [0.25, 0.3) is 28.0 Å². The molecular weight excluding hydrogens is 480 g/mol. The van der Waals surface area contributed by atoms with Crippen LogP contribution in [0.5, 0.6) is 0 Å². The molecule has 194 valence electrons. The molecule has 0 saturated carbocycles. The fraction of sp³-hybridized carbons (Fsp3) is 0.280. The van der Waals surface area contributed by atoms with Crippen LogP contribution in [0.1, 0.15) is 25.0 Å². The predicted molar refractivity (Wildman–Crippen MR) is 134 cm³/mol. The quantitative estimate of drug-likeness (QED) is 0.238. The first-order valence-corrected chi connectivity index (χ1v) is 10.4. The summed E-state index contributed by atoms with van der Waals surface area (Å²) in [5.41, 5.74) is 0.0279. The Morgan fingerprint density at radius 1 is 1.11 bits per heavy atom. The van der Waals surface area contributed by atoms with Gasteiger partial charge in [0.2, 0.25) is 0 Å². The Kier molecular flexibility index (Phi) is 11.3. The molecule has 0 fully saturated rings. The lowest BCUT2D eigenvalue weighted by molar-refractivity contribution is -0.137. The number of fused-ring (bicyclic) bond motifs is 1. The highest BCUT2D eigenvalue weighted by atomic mass is 19.4. The van der Waals surface area contributed by atoms with Crippen molar-refractivity contribution in [2.75, 3.05) is 20.8 Å². The van der Waals surface area contributed by atoms with Crippen molar-refractivity contribution in [3.63, 3.8) is 0 Å². The van der Waals surface area contributed by atoms with Crippen molar-refractivity contribution in [1.29, 1.82) is 0 Å². The minimum Gasteiger partial charge on any atom is -0.400 e. The van der Waals surface area contributed by atoms with Crippen LogP contribution in [-0.4, -0.2) is 60.2 Å². The van der Waals surface area contributed by atoms with Crippen LogP contribution in [0.15, 0.2) is 52.6 Å². The second-order valence-corrected chi connectivity index (χ2v) is 7.85. The molecule has 0 aliphatic heterocycles. The molecule has 1 aromatic heterocycles. The second kappa shape index (κ2) is 13.4. The van der Waals surface area contributed by atoms with E-state index >= 15 is 0 Å². The van der Waals surface area contributed by atoms with E-state index in [0.717, 1.165) is 32.6 Å². The molecule has 0 bridgehead atoms. The first kappa shape index (κ1) is 30.3. The van der Waals surface area contributed by atoms with Crippen molar-refractivity contribution in [3.8, 4) is 11.4 Å². The summed E-state index contributed by atoms with van der Waals surface area (Å²) in [5.74, 6) is -0.522. The standard InChI is InChI=1S/C23H20F4N4O.2CH4O/c1-22(2,13-32)12-29-11-15(10-28-3)14-4-6-17(18(24)8-14)21-30-19-7-5-16(23(25,26)27)9-20(19)31-21;2*1-2/h4-11,13H,3,12H2,1-2H3,(H,30,31);2*2H,1H3/b15-10+,29-11?;;. The van der Waals surface area contributed by atoms with E-state index in [1.54, 1.807) is 19.9 Å². The number of halogens is 4. The Labute approximate surface area is 206 Å². The first-order chi connectivity index (χ1) is 17.0. The highest BCUT2D eigenvalue weighted by Gasteiger charge is 2.30. The van der Waals surface area contributed by atoms with Crippen molar-refractivity contribution in [3.05, 3.63) is 59.5 Å². The van der Waals surface area contributed by atoms with Crippen LogP contribution in [0.3, 0.4) is 0 Å². The lowest BCUT2D eigenvalue weighted by atomic mass is 9.96. The number of alkyl halides is 3. The number of aliphatic hydroxyl groups excluding tert-OH is 2. The molecule has 0 amide bonds. The molecule has 7 nitrogen and oxygen atoms in total. The van der Waals surface area contributed by atoms with Gasteiger partial charge in [0.05, 0.1) is 28.7 Å². The van der Waals surface area contributed by atoms with E-state index in [1.165, 1.54) is 30.6 Å². The van der Waals surface area contributed by atoms with E-state index in [9.17, 15) is 22.4 Å². The molecule has 3 rings (SSSR count). The number of carbonyl (C=O) groups excluding carboxylic acids is 1. The molecule has 2 aromatic carbocycles. The number of benzene rings is 2. The summed E-state index contributed by atoms with van der Waals surface area (Å²) in [5, 5.41) is 14.0. The number of aldehydes is 1. The van der Waals surface area contributed by atoms with Gasteiger partial charge in [0.15, 0.2) is 0 Å². The Hall–Kier alpha value is -3.70. The number of aliphatic hydroxyl groups is 2. The lowest BCUT2D eigenvalue weighted by Crippen LogP contribution is -2.16. The smallest absolute Gasteiger partial charge is 0.400 e. The summed E-state index contributed by atoms with van der Waals surface area (Å²) >= 11 is 0. The van der Waals surface area contributed by atoms with Crippen molar-refractivity contribution >= 4 is 35.8 Å². The summed E-state index contributed by atoms with van der Waals surface area (Å²) in [6.07, 6.45) is -0.796. The minimum atomic E-state index is -4.49. The number of imidazole rings is 1. The number of nitrogens with one attached hydrogen (secondary N) is 1. The summed E-state index contributed by atoms with van der Waals surface area (Å²) in [6, 6.07) is 7.42. The highest BCUT2D eigenvalue weighted by Crippen LogP contribution is 2.32. The third-order valence-electron chi connectivity index (χ3n) is 4.65. The van der Waals surface area contributed by atoms with Gasteiger partial charge in [-0.1, -0.05) is 19.9 Å². The van der Waals surface area contributed by atoms with Gasteiger partial charge in [-0.2, -0.15) is 13.2 Å². The fourth-order valence-corrected chi connectivity index (χ4v) is 2.90.